The van der Waals surface area contributed by atoms with Gasteiger partial charge in [0.25, 0.3) is 5.56 Å². The second kappa shape index (κ2) is 7.76. The van der Waals surface area contributed by atoms with Crippen molar-refractivity contribution in [3.63, 3.8) is 0 Å². The number of rotatable bonds is 3. The van der Waals surface area contributed by atoms with E-state index in [-0.39, 0.29) is 17.1 Å². The summed E-state index contributed by atoms with van der Waals surface area (Å²) in [5.74, 6) is 0.134. The van der Waals surface area contributed by atoms with Gasteiger partial charge in [-0.05, 0) is 36.4 Å². The largest absolute Gasteiger partial charge is 0.368 e. The summed E-state index contributed by atoms with van der Waals surface area (Å²) in [7, 11) is 1.63. The van der Waals surface area contributed by atoms with Gasteiger partial charge in [-0.25, -0.2) is 9.37 Å². The zero-order valence-electron chi connectivity index (χ0n) is 16.0. The van der Waals surface area contributed by atoms with Crippen molar-refractivity contribution in [3.05, 3.63) is 76.3 Å². The molecule has 0 bridgehead atoms. The minimum absolute atomic E-state index is 0.0363. The number of nitrogens with zero attached hydrogens (tertiary/aromatic N) is 5. The molecular formula is C22H20FN5O. The lowest BCUT2D eigenvalue weighted by Crippen LogP contribution is -2.48. The molecule has 1 aliphatic rings. The molecule has 4 rings (SSSR count). The highest BCUT2D eigenvalue weighted by Crippen LogP contribution is 2.24. The lowest BCUT2D eigenvalue weighted by atomic mass is 10.1. The van der Waals surface area contributed by atoms with E-state index in [1.807, 2.05) is 24.3 Å². The highest BCUT2D eigenvalue weighted by molar-refractivity contribution is 5.67. The number of aromatic nitrogens is 2. The van der Waals surface area contributed by atoms with Crippen LogP contribution in [-0.2, 0) is 7.05 Å². The molecule has 7 heteroatoms. The van der Waals surface area contributed by atoms with E-state index in [2.05, 4.69) is 26.9 Å². The van der Waals surface area contributed by atoms with E-state index in [9.17, 15) is 14.4 Å². The molecule has 1 fully saturated rings. The molecule has 0 spiro atoms. The van der Waals surface area contributed by atoms with Crippen LogP contribution in [0.3, 0.4) is 0 Å². The molecule has 29 heavy (non-hydrogen) atoms. The Morgan fingerprint density at radius 3 is 2.21 bits per heavy atom. The SMILES string of the molecule is Cn1c(N2CCN(c3ccccc3)CC2)nc(-c2ccc(F)cc2)c(C#N)c1=O. The monoisotopic (exact) mass is 389 g/mol. The predicted molar refractivity (Wildman–Crippen MR) is 110 cm³/mol. The number of hydrogen-bond acceptors (Lipinski definition) is 5. The average molecular weight is 389 g/mol. The first-order chi connectivity index (χ1) is 14.1. The normalized spacial score (nSPS) is 14.0. The fourth-order valence-electron chi connectivity index (χ4n) is 3.59. The van der Waals surface area contributed by atoms with Crippen molar-refractivity contribution in [2.45, 2.75) is 0 Å². The van der Waals surface area contributed by atoms with Crippen molar-refractivity contribution in [1.82, 2.24) is 9.55 Å². The maximum absolute atomic E-state index is 13.3. The third kappa shape index (κ3) is 3.57. The molecule has 2 aromatic carbocycles. The molecule has 0 saturated carbocycles. The van der Waals surface area contributed by atoms with Crippen LogP contribution in [0, 0.1) is 17.1 Å². The van der Waals surface area contributed by atoms with E-state index in [0.717, 1.165) is 13.1 Å². The van der Waals surface area contributed by atoms with Gasteiger partial charge in [0.15, 0.2) is 0 Å². The smallest absolute Gasteiger partial charge is 0.273 e. The van der Waals surface area contributed by atoms with Crippen molar-refractivity contribution in [2.24, 2.45) is 7.05 Å². The van der Waals surface area contributed by atoms with Gasteiger partial charge >= 0.3 is 0 Å². The van der Waals surface area contributed by atoms with Gasteiger partial charge in [0, 0.05) is 44.5 Å². The van der Waals surface area contributed by atoms with Crippen LogP contribution in [0.2, 0.25) is 0 Å². The molecule has 0 atom stereocenters. The summed E-state index contributed by atoms with van der Waals surface area (Å²) < 4.78 is 14.7. The second-order valence-electron chi connectivity index (χ2n) is 6.93. The van der Waals surface area contributed by atoms with E-state index in [1.165, 1.54) is 34.5 Å². The first kappa shape index (κ1) is 18.7. The zero-order chi connectivity index (χ0) is 20.4. The molecule has 6 nitrogen and oxygen atoms in total. The van der Waals surface area contributed by atoms with Gasteiger partial charge in [-0.2, -0.15) is 5.26 Å². The van der Waals surface area contributed by atoms with E-state index in [0.29, 0.717) is 24.6 Å². The Morgan fingerprint density at radius 1 is 0.966 bits per heavy atom. The Bertz CT molecular complexity index is 1110. The predicted octanol–water partition coefficient (Wildman–Crippen LogP) is 2.78. The Labute approximate surface area is 168 Å². The minimum atomic E-state index is -0.401. The molecule has 1 saturated heterocycles. The molecule has 3 aromatic rings. The van der Waals surface area contributed by atoms with Gasteiger partial charge in [0.1, 0.15) is 17.4 Å². The highest BCUT2D eigenvalue weighted by atomic mass is 19.1. The number of anilines is 2. The Kier molecular flexibility index (Phi) is 5.00. The summed E-state index contributed by atoms with van der Waals surface area (Å²) in [4.78, 5) is 21.8. The fourth-order valence-corrected chi connectivity index (χ4v) is 3.59. The molecule has 0 N–H and O–H groups in total. The maximum Gasteiger partial charge on any atom is 0.273 e. The molecular weight excluding hydrogens is 369 g/mol. The number of piperazine rings is 1. The standard InChI is InChI=1S/C22H20FN5O/c1-26-21(29)19(15-24)20(16-7-9-17(23)10-8-16)25-22(26)28-13-11-27(12-14-28)18-5-3-2-4-6-18/h2-10H,11-14H2,1H3. The van der Waals surface area contributed by atoms with Gasteiger partial charge in [0.05, 0.1) is 5.69 Å². The van der Waals surface area contributed by atoms with Crippen molar-refractivity contribution in [1.29, 1.82) is 5.26 Å². The topological polar surface area (TPSA) is 65.2 Å². The third-order valence-corrected chi connectivity index (χ3v) is 5.18. The third-order valence-electron chi connectivity index (χ3n) is 5.18. The summed E-state index contributed by atoms with van der Waals surface area (Å²) in [6, 6.07) is 17.8. The molecule has 0 unspecified atom stereocenters. The lowest BCUT2D eigenvalue weighted by Gasteiger charge is -2.37. The number of halogens is 1. The first-order valence-electron chi connectivity index (χ1n) is 9.40. The van der Waals surface area contributed by atoms with Gasteiger partial charge in [-0.15, -0.1) is 0 Å². The van der Waals surface area contributed by atoms with Crippen molar-refractivity contribution >= 4 is 11.6 Å². The van der Waals surface area contributed by atoms with E-state index in [4.69, 9.17) is 0 Å². The quantitative estimate of drug-likeness (QED) is 0.689. The van der Waals surface area contributed by atoms with Gasteiger partial charge in [0.2, 0.25) is 5.95 Å². The number of benzene rings is 2. The molecule has 1 aromatic heterocycles. The van der Waals surface area contributed by atoms with Gasteiger partial charge in [-0.3, -0.25) is 9.36 Å². The van der Waals surface area contributed by atoms with Crippen molar-refractivity contribution in [3.8, 4) is 17.3 Å². The minimum Gasteiger partial charge on any atom is -0.368 e. The Morgan fingerprint density at radius 2 is 1.59 bits per heavy atom. The van der Waals surface area contributed by atoms with E-state index >= 15 is 0 Å². The molecule has 0 aliphatic carbocycles. The summed E-state index contributed by atoms with van der Waals surface area (Å²) in [5.41, 5.74) is 1.56. The fraction of sp³-hybridized carbons (Fsp3) is 0.227. The van der Waals surface area contributed by atoms with Crippen LogP contribution >= 0.6 is 0 Å². The highest BCUT2D eigenvalue weighted by Gasteiger charge is 2.23. The van der Waals surface area contributed by atoms with Crippen LogP contribution < -0.4 is 15.4 Å². The molecule has 0 amide bonds. The average Bonchev–Trinajstić information content (AvgIpc) is 2.77. The zero-order valence-corrected chi connectivity index (χ0v) is 16.0. The van der Waals surface area contributed by atoms with Crippen LogP contribution in [0.1, 0.15) is 5.56 Å². The van der Waals surface area contributed by atoms with Crippen molar-refractivity contribution in [2.75, 3.05) is 36.0 Å². The number of hydrogen-bond donors (Lipinski definition) is 0. The Hall–Kier alpha value is -3.66. The molecule has 146 valence electrons. The van der Waals surface area contributed by atoms with E-state index < -0.39 is 5.56 Å². The second-order valence-corrected chi connectivity index (χ2v) is 6.93. The first-order valence-corrected chi connectivity index (χ1v) is 9.40. The molecule has 0 radical (unpaired) electrons. The molecule has 1 aliphatic heterocycles. The number of nitriles is 1. The van der Waals surface area contributed by atoms with Crippen LogP contribution in [0.25, 0.3) is 11.3 Å². The molecule has 2 heterocycles. The summed E-state index contributed by atoms with van der Waals surface area (Å²) in [6.07, 6.45) is 0. The van der Waals surface area contributed by atoms with Crippen LogP contribution in [-0.4, -0.2) is 35.7 Å². The van der Waals surface area contributed by atoms with E-state index in [1.54, 1.807) is 7.05 Å². The van der Waals surface area contributed by atoms with Crippen molar-refractivity contribution < 1.29 is 4.39 Å². The summed E-state index contributed by atoms with van der Waals surface area (Å²) in [6.45, 7) is 2.99. The van der Waals surface area contributed by atoms with Crippen LogP contribution in [0.15, 0.2) is 59.4 Å². The van der Waals surface area contributed by atoms with Gasteiger partial charge < -0.3 is 9.80 Å². The Balaban J connectivity index is 1.67. The number of para-hydroxylation sites is 1. The van der Waals surface area contributed by atoms with Crippen LogP contribution in [0.5, 0.6) is 0 Å². The summed E-state index contributed by atoms with van der Waals surface area (Å²) >= 11 is 0. The van der Waals surface area contributed by atoms with Gasteiger partial charge in [-0.1, -0.05) is 18.2 Å². The van der Waals surface area contributed by atoms with Crippen LogP contribution in [0.4, 0.5) is 16.0 Å². The lowest BCUT2D eigenvalue weighted by molar-refractivity contribution is 0.620. The maximum atomic E-state index is 13.3. The summed E-state index contributed by atoms with van der Waals surface area (Å²) in [5, 5.41) is 9.50.